The maximum absolute atomic E-state index is 11.9. The molecule has 6 nitrogen and oxygen atoms in total. The molecule has 1 N–H and O–H groups in total. The molecule has 1 amide bonds. The Labute approximate surface area is 182 Å². The molecule has 2 aliphatic rings. The van der Waals surface area contributed by atoms with E-state index in [9.17, 15) is 9.00 Å². The number of aromatic nitrogens is 1. The Kier molecular flexibility index (Phi) is 5.03. The first-order valence-electron chi connectivity index (χ1n) is 9.96. The summed E-state index contributed by atoms with van der Waals surface area (Å²) in [5.74, 6) is 0.999. The predicted molar refractivity (Wildman–Crippen MR) is 119 cm³/mol. The second-order valence-electron chi connectivity index (χ2n) is 7.38. The highest BCUT2D eigenvalue weighted by Gasteiger charge is 2.27. The largest absolute Gasteiger partial charge is 0.486 e. The van der Waals surface area contributed by atoms with Gasteiger partial charge in [-0.2, -0.15) is 0 Å². The third kappa shape index (κ3) is 3.72. The van der Waals surface area contributed by atoms with Crippen LogP contribution in [-0.2, 0) is 22.2 Å². The summed E-state index contributed by atoms with van der Waals surface area (Å²) in [5.41, 5.74) is 5.44. The SMILES string of the molecule is COc1ccc(-c2cccc3c2CC[C@H]3Oc2ccc(C3=CC(=O)NS3=O)cc2)cn1. The van der Waals surface area contributed by atoms with Crippen LogP contribution in [0.2, 0.25) is 0 Å². The number of rotatable bonds is 5. The molecule has 0 radical (unpaired) electrons. The number of hydrogen-bond acceptors (Lipinski definition) is 5. The van der Waals surface area contributed by atoms with Crippen LogP contribution >= 0.6 is 0 Å². The molecule has 5 rings (SSSR count). The second-order valence-corrected chi connectivity index (χ2v) is 8.56. The van der Waals surface area contributed by atoms with Crippen molar-refractivity contribution in [2.75, 3.05) is 7.11 Å². The first-order valence-corrected chi connectivity index (χ1v) is 11.1. The Bertz CT molecular complexity index is 1200. The van der Waals surface area contributed by atoms with Gasteiger partial charge in [0.1, 0.15) is 11.9 Å². The van der Waals surface area contributed by atoms with Crippen LogP contribution in [0.1, 0.15) is 29.2 Å². The molecular weight excluding hydrogens is 412 g/mol. The highest BCUT2D eigenvalue weighted by Crippen LogP contribution is 2.40. The van der Waals surface area contributed by atoms with Crippen LogP contribution < -0.4 is 14.2 Å². The van der Waals surface area contributed by atoms with E-state index in [0.29, 0.717) is 10.8 Å². The topological polar surface area (TPSA) is 77.5 Å². The van der Waals surface area contributed by atoms with Crippen LogP contribution in [-0.4, -0.2) is 22.2 Å². The number of methoxy groups -OCH3 is 1. The lowest BCUT2D eigenvalue weighted by Crippen LogP contribution is -2.16. The minimum atomic E-state index is -1.50. The number of benzene rings is 2. The molecule has 3 aromatic rings. The summed E-state index contributed by atoms with van der Waals surface area (Å²) in [6.07, 6.45) is 5.00. The average Bonchev–Trinajstić information content (AvgIpc) is 3.36. The lowest BCUT2D eigenvalue weighted by molar-refractivity contribution is -0.114. The molecule has 1 unspecified atom stereocenters. The highest BCUT2D eigenvalue weighted by atomic mass is 32.2. The first kappa shape index (κ1) is 19.5. The zero-order valence-electron chi connectivity index (χ0n) is 16.8. The first-order chi connectivity index (χ1) is 15.1. The summed E-state index contributed by atoms with van der Waals surface area (Å²) in [5, 5.41) is 0. The van der Waals surface area contributed by atoms with E-state index in [1.165, 1.54) is 22.8 Å². The van der Waals surface area contributed by atoms with Crippen molar-refractivity contribution in [2.45, 2.75) is 18.9 Å². The van der Waals surface area contributed by atoms with Crippen LogP contribution in [0.4, 0.5) is 0 Å². The van der Waals surface area contributed by atoms with Gasteiger partial charge in [-0.1, -0.05) is 30.3 Å². The maximum atomic E-state index is 11.9. The molecule has 0 fully saturated rings. The van der Waals surface area contributed by atoms with Crippen molar-refractivity contribution >= 4 is 21.8 Å². The van der Waals surface area contributed by atoms with E-state index in [4.69, 9.17) is 9.47 Å². The van der Waals surface area contributed by atoms with Crippen molar-refractivity contribution in [1.82, 2.24) is 9.71 Å². The monoisotopic (exact) mass is 432 g/mol. The van der Waals surface area contributed by atoms with Crippen LogP contribution in [0.25, 0.3) is 16.0 Å². The van der Waals surface area contributed by atoms with Crippen molar-refractivity contribution in [3.63, 3.8) is 0 Å². The van der Waals surface area contributed by atoms with Crippen LogP contribution in [0.15, 0.2) is 66.9 Å². The van der Waals surface area contributed by atoms with Crippen LogP contribution in [0.5, 0.6) is 11.6 Å². The average molecular weight is 433 g/mol. The van der Waals surface area contributed by atoms with E-state index in [1.54, 1.807) is 7.11 Å². The number of hydrogen-bond donors (Lipinski definition) is 1. The van der Waals surface area contributed by atoms with E-state index in [2.05, 4.69) is 27.9 Å². The summed E-state index contributed by atoms with van der Waals surface area (Å²) in [7, 11) is 0.111. The number of carbonyl (C=O) groups is 1. The Balaban J connectivity index is 1.37. The number of nitrogens with zero attached hydrogens (tertiary/aromatic N) is 1. The van der Waals surface area contributed by atoms with Crippen molar-refractivity contribution in [1.29, 1.82) is 0 Å². The Morgan fingerprint density at radius 3 is 2.55 bits per heavy atom. The summed E-state index contributed by atoms with van der Waals surface area (Å²) < 4.78 is 25.8. The maximum Gasteiger partial charge on any atom is 0.257 e. The molecular formula is C24H20N2O4S. The van der Waals surface area contributed by atoms with Gasteiger partial charge in [-0.15, -0.1) is 0 Å². The zero-order chi connectivity index (χ0) is 21.4. The van der Waals surface area contributed by atoms with Crippen molar-refractivity contribution in [3.8, 4) is 22.8 Å². The number of fused-ring (bicyclic) bond motifs is 1. The fourth-order valence-corrected chi connectivity index (χ4v) is 4.99. The lowest BCUT2D eigenvalue weighted by atomic mass is 9.98. The molecule has 7 heteroatoms. The molecule has 31 heavy (non-hydrogen) atoms. The molecule has 2 atom stereocenters. The van der Waals surface area contributed by atoms with E-state index in [0.717, 1.165) is 29.7 Å². The Morgan fingerprint density at radius 1 is 1.06 bits per heavy atom. The summed E-state index contributed by atoms with van der Waals surface area (Å²) in [4.78, 5) is 16.2. The molecule has 156 valence electrons. The van der Waals surface area contributed by atoms with Gasteiger partial charge in [-0.3, -0.25) is 9.52 Å². The summed E-state index contributed by atoms with van der Waals surface area (Å²) in [6, 6.07) is 17.5. The van der Waals surface area contributed by atoms with Crippen molar-refractivity contribution in [3.05, 3.63) is 83.6 Å². The molecule has 1 aliphatic heterocycles. The quantitative estimate of drug-likeness (QED) is 0.660. The van der Waals surface area contributed by atoms with Gasteiger partial charge in [-0.05, 0) is 53.3 Å². The van der Waals surface area contributed by atoms with Crippen molar-refractivity contribution in [2.24, 2.45) is 0 Å². The van der Waals surface area contributed by atoms with Gasteiger partial charge in [0.2, 0.25) is 5.88 Å². The molecule has 0 saturated heterocycles. The van der Waals surface area contributed by atoms with Gasteiger partial charge < -0.3 is 9.47 Å². The molecule has 1 aromatic heterocycles. The normalized spacial score (nSPS) is 19.5. The van der Waals surface area contributed by atoms with Gasteiger partial charge >= 0.3 is 0 Å². The van der Waals surface area contributed by atoms with E-state index < -0.39 is 11.0 Å². The number of pyridine rings is 1. The predicted octanol–water partition coefficient (Wildman–Crippen LogP) is 3.96. The van der Waals surface area contributed by atoms with E-state index in [1.807, 2.05) is 42.6 Å². The van der Waals surface area contributed by atoms with Gasteiger partial charge in [0.25, 0.3) is 5.91 Å². The molecule has 0 saturated carbocycles. The molecule has 0 bridgehead atoms. The van der Waals surface area contributed by atoms with Crippen LogP contribution in [0.3, 0.4) is 0 Å². The third-order valence-electron chi connectivity index (χ3n) is 5.54. The molecule has 2 heterocycles. The van der Waals surface area contributed by atoms with E-state index in [-0.39, 0.29) is 12.0 Å². The smallest absolute Gasteiger partial charge is 0.257 e. The van der Waals surface area contributed by atoms with Gasteiger partial charge in [-0.25, -0.2) is 9.19 Å². The van der Waals surface area contributed by atoms with Crippen molar-refractivity contribution < 1.29 is 18.5 Å². The fourth-order valence-electron chi connectivity index (χ4n) is 4.07. The summed E-state index contributed by atoms with van der Waals surface area (Å²) in [6.45, 7) is 0. The zero-order valence-corrected chi connectivity index (χ0v) is 17.6. The van der Waals surface area contributed by atoms with Gasteiger partial charge in [0.05, 0.1) is 12.0 Å². The number of ether oxygens (including phenoxy) is 2. The summed E-state index contributed by atoms with van der Waals surface area (Å²) >= 11 is 0. The molecule has 1 aliphatic carbocycles. The lowest BCUT2D eigenvalue weighted by Gasteiger charge is -2.16. The minimum Gasteiger partial charge on any atom is -0.486 e. The Morgan fingerprint density at radius 2 is 1.87 bits per heavy atom. The Hall–Kier alpha value is -3.45. The van der Waals surface area contributed by atoms with Gasteiger partial charge in [0.15, 0.2) is 11.0 Å². The minimum absolute atomic E-state index is 0.0323. The molecule has 2 aromatic carbocycles. The number of nitrogens with one attached hydrogen (secondary N) is 1. The van der Waals surface area contributed by atoms with E-state index >= 15 is 0 Å². The highest BCUT2D eigenvalue weighted by molar-refractivity contribution is 7.93. The second kappa shape index (κ2) is 8.00. The standard InChI is InChI=1S/C24H20N2O4S/c1-29-24-12-7-16(14-25-24)18-3-2-4-20-19(18)10-11-21(20)30-17-8-5-15(6-9-17)22-13-23(27)26-31(22)28/h2-9,12-14,21H,10-11H2,1H3,(H,26,27)/t21-,31?/m1/s1. The molecule has 0 spiro atoms. The fraction of sp³-hybridized carbons (Fsp3) is 0.167. The van der Waals surface area contributed by atoms with Crippen LogP contribution in [0, 0.1) is 0 Å². The van der Waals surface area contributed by atoms with Gasteiger partial charge in [0, 0.05) is 23.9 Å². The third-order valence-corrected chi connectivity index (χ3v) is 6.68. The number of carbonyl (C=O) groups excluding carboxylic acids is 1. The number of amides is 1.